The highest BCUT2D eigenvalue weighted by Crippen LogP contribution is 2.20. The van der Waals surface area contributed by atoms with E-state index in [1.165, 1.54) is 12.1 Å². The minimum Gasteiger partial charge on any atom is -0.369 e. The Morgan fingerprint density at radius 3 is 2.86 bits per heavy atom. The zero-order valence-corrected chi connectivity index (χ0v) is 13.1. The summed E-state index contributed by atoms with van der Waals surface area (Å²) in [4.78, 5) is 16.5. The molecular weight excluding hydrogens is 337 g/mol. The highest BCUT2D eigenvalue weighted by atomic mass is 79.9. The molecular formula is C15H15BrFN3O. The van der Waals surface area contributed by atoms with Gasteiger partial charge in [-0.15, -0.1) is 0 Å². The van der Waals surface area contributed by atoms with Crippen LogP contribution in [0.2, 0.25) is 0 Å². The number of hydrogen-bond acceptors (Lipinski definition) is 3. The maximum absolute atomic E-state index is 13.6. The number of amides is 1. The van der Waals surface area contributed by atoms with E-state index in [4.69, 9.17) is 0 Å². The predicted molar refractivity (Wildman–Crippen MR) is 85.1 cm³/mol. The minimum absolute atomic E-state index is 0.143. The number of anilines is 2. The first-order chi connectivity index (χ1) is 10.1. The summed E-state index contributed by atoms with van der Waals surface area (Å²) in [5.41, 5.74) is 0.505. The molecule has 1 amide bonds. The van der Waals surface area contributed by atoms with Gasteiger partial charge in [0.15, 0.2) is 0 Å². The highest BCUT2D eigenvalue weighted by molar-refractivity contribution is 9.10. The largest absolute Gasteiger partial charge is 0.369 e. The number of aromatic nitrogens is 1. The summed E-state index contributed by atoms with van der Waals surface area (Å²) >= 11 is 3.29. The second kappa shape index (κ2) is 7.17. The van der Waals surface area contributed by atoms with Gasteiger partial charge in [-0.3, -0.25) is 4.79 Å². The van der Waals surface area contributed by atoms with Crippen molar-refractivity contribution in [1.29, 1.82) is 0 Å². The van der Waals surface area contributed by atoms with Crippen LogP contribution in [0.15, 0.2) is 41.0 Å². The Kier molecular flexibility index (Phi) is 5.27. The number of hydrogen-bond donors (Lipinski definition) is 2. The molecule has 0 spiro atoms. The van der Waals surface area contributed by atoms with E-state index in [9.17, 15) is 9.18 Å². The van der Waals surface area contributed by atoms with Crippen molar-refractivity contribution in [3.05, 3.63) is 52.4 Å². The molecule has 0 atom stereocenters. The van der Waals surface area contributed by atoms with Gasteiger partial charge in [-0.05, 0) is 40.5 Å². The first-order valence-corrected chi connectivity index (χ1v) is 7.36. The van der Waals surface area contributed by atoms with Crippen molar-refractivity contribution < 1.29 is 9.18 Å². The van der Waals surface area contributed by atoms with Gasteiger partial charge in [-0.2, -0.15) is 0 Å². The Labute approximate surface area is 130 Å². The van der Waals surface area contributed by atoms with Crippen molar-refractivity contribution in [2.75, 3.05) is 17.2 Å². The maximum Gasteiger partial charge on any atom is 0.259 e. The first kappa shape index (κ1) is 15.4. The lowest BCUT2D eigenvalue weighted by Crippen LogP contribution is -2.17. The van der Waals surface area contributed by atoms with E-state index in [1.54, 1.807) is 24.4 Å². The third-order valence-electron chi connectivity index (χ3n) is 2.76. The molecule has 0 saturated heterocycles. The van der Waals surface area contributed by atoms with Crippen molar-refractivity contribution in [2.45, 2.75) is 13.3 Å². The maximum atomic E-state index is 13.6. The smallest absolute Gasteiger partial charge is 0.259 e. The number of carbonyl (C=O) groups is 1. The van der Waals surface area contributed by atoms with Gasteiger partial charge in [0.25, 0.3) is 5.91 Å². The normalized spacial score (nSPS) is 10.2. The molecule has 110 valence electrons. The molecule has 0 saturated carbocycles. The number of nitrogens with zero attached hydrogens (tertiary/aromatic N) is 1. The summed E-state index contributed by atoms with van der Waals surface area (Å²) in [6.07, 6.45) is 2.52. The van der Waals surface area contributed by atoms with E-state index in [1.807, 2.05) is 6.92 Å². The Bertz CT molecular complexity index is 649. The van der Waals surface area contributed by atoms with E-state index < -0.39 is 11.7 Å². The molecule has 0 unspecified atom stereocenters. The summed E-state index contributed by atoms with van der Waals surface area (Å²) in [6, 6.07) is 7.69. The van der Waals surface area contributed by atoms with E-state index >= 15 is 0 Å². The van der Waals surface area contributed by atoms with Gasteiger partial charge in [0.2, 0.25) is 0 Å². The molecule has 2 rings (SSSR count). The van der Waals surface area contributed by atoms with Crippen molar-refractivity contribution in [2.24, 2.45) is 0 Å². The molecule has 0 aliphatic rings. The van der Waals surface area contributed by atoms with Gasteiger partial charge in [0.1, 0.15) is 11.6 Å². The minimum atomic E-state index is -0.475. The van der Waals surface area contributed by atoms with Crippen molar-refractivity contribution >= 4 is 33.3 Å². The number of rotatable bonds is 5. The van der Waals surface area contributed by atoms with Crippen LogP contribution in [0.1, 0.15) is 23.7 Å². The number of para-hydroxylation sites is 1. The van der Waals surface area contributed by atoms with Crippen LogP contribution in [0.5, 0.6) is 0 Å². The van der Waals surface area contributed by atoms with Gasteiger partial charge in [0, 0.05) is 17.2 Å². The SMILES string of the molecule is CCCNc1ncc(Br)cc1C(=O)Nc1ccccc1F. The van der Waals surface area contributed by atoms with Gasteiger partial charge >= 0.3 is 0 Å². The molecule has 0 radical (unpaired) electrons. The molecule has 2 aromatic rings. The van der Waals surface area contributed by atoms with E-state index in [0.717, 1.165) is 6.42 Å². The lowest BCUT2D eigenvalue weighted by molar-refractivity contribution is 0.102. The van der Waals surface area contributed by atoms with E-state index in [-0.39, 0.29) is 5.69 Å². The number of pyridine rings is 1. The lowest BCUT2D eigenvalue weighted by atomic mass is 10.2. The highest BCUT2D eigenvalue weighted by Gasteiger charge is 2.15. The fraction of sp³-hybridized carbons (Fsp3) is 0.200. The molecule has 6 heteroatoms. The summed E-state index contributed by atoms with van der Waals surface area (Å²) in [5, 5.41) is 5.64. The molecule has 0 bridgehead atoms. The quantitative estimate of drug-likeness (QED) is 0.853. The molecule has 1 aromatic carbocycles. The summed E-state index contributed by atoms with van der Waals surface area (Å²) in [7, 11) is 0. The van der Waals surface area contributed by atoms with Gasteiger partial charge in [-0.25, -0.2) is 9.37 Å². The lowest BCUT2D eigenvalue weighted by Gasteiger charge is -2.11. The average molecular weight is 352 g/mol. The van der Waals surface area contributed by atoms with Crippen molar-refractivity contribution in [3.8, 4) is 0 Å². The number of halogens is 2. The second-order valence-corrected chi connectivity index (χ2v) is 5.33. The van der Waals surface area contributed by atoms with Crippen LogP contribution < -0.4 is 10.6 Å². The fourth-order valence-electron chi connectivity index (χ4n) is 1.75. The van der Waals surface area contributed by atoms with Gasteiger partial charge in [-0.1, -0.05) is 19.1 Å². The molecule has 21 heavy (non-hydrogen) atoms. The topological polar surface area (TPSA) is 54.0 Å². The van der Waals surface area contributed by atoms with Crippen LogP contribution in [0.3, 0.4) is 0 Å². The van der Waals surface area contributed by atoms with Crippen molar-refractivity contribution in [3.63, 3.8) is 0 Å². The molecule has 0 aliphatic carbocycles. The van der Waals surface area contributed by atoms with Crippen LogP contribution >= 0.6 is 15.9 Å². The monoisotopic (exact) mass is 351 g/mol. The summed E-state index contributed by atoms with van der Waals surface area (Å²) in [6.45, 7) is 2.72. The molecule has 4 nitrogen and oxygen atoms in total. The van der Waals surface area contributed by atoms with E-state index in [2.05, 4.69) is 31.5 Å². The second-order valence-electron chi connectivity index (χ2n) is 4.41. The molecule has 0 fully saturated rings. The predicted octanol–water partition coefficient (Wildman–Crippen LogP) is 4.06. The average Bonchev–Trinajstić information content (AvgIpc) is 2.48. The van der Waals surface area contributed by atoms with Crippen LogP contribution in [-0.4, -0.2) is 17.4 Å². The molecule has 0 aliphatic heterocycles. The number of carbonyl (C=O) groups excluding carboxylic acids is 1. The Balaban J connectivity index is 2.25. The van der Waals surface area contributed by atoms with Crippen molar-refractivity contribution in [1.82, 2.24) is 4.98 Å². The summed E-state index contributed by atoms with van der Waals surface area (Å²) in [5.74, 6) is -0.404. The van der Waals surface area contributed by atoms with Crippen LogP contribution in [0, 0.1) is 5.82 Å². The van der Waals surface area contributed by atoms with Gasteiger partial charge in [0.05, 0.1) is 11.3 Å². The summed E-state index contributed by atoms with van der Waals surface area (Å²) < 4.78 is 14.3. The van der Waals surface area contributed by atoms with Crippen LogP contribution in [0.25, 0.3) is 0 Å². The van der Waals surface area contributed by atoms with E-state index in [0.29, 0.717) is 22.4 Å². The third kappa shape index (κ3) is 4.01. The Hall–Kier alpha value is -1.95. The molecule has 1 heterocycles. The zero-order valence-electron chi connectivity index (χ0n) is 11.5. The number of nitrogens with one attached hydrogen (secondary N) is 2. The first-order valence-electron chi connectivity index (χ1n) is 6.57. The fourth-order valence-corrected chi connectivity index (χ4v) is 2.08. The molecule has 1 aromatic heterocycles. The third-order valence-corrected chi connectivity index (χ3v) is 3.20. The molecule has 2 N–H and O–H groups in total. The zero-order chi connectivity index (χ0) is 15.2. The Morgan fingerprint density at radius 1 is 1.38 bits per heavy atom. The Morgan fingerprint density at radius 2 is 2.14 bits per heavy atom. The van der Waals surface area contributed by atoms with Crippen LogP contribution in [0.4, 0.5) is 15.9 Å². The standard InChI is InChI=1S/C15H15BrFN3O/c1-2-7-18-14-11(8-10(16)9-19-14)15(21)20-13-6-4-3-5-12(13)17/h3-6,8-9H,2,7H2,1H3,(H,18,19)(H,20,21). The van der Waals surface area contributed by atoms with Crippen LogP contribution in [-0.2, 0) is 0 Å². The van der Waals surface area contributed by atoms with Gasteiger partial charge < -0.3 is 10.6 Å². The number of benzene rings is 1.